The highest BCUT2D eigenvalue weighted by atomic mass is 35.5. The van der Waals surface area contributed by atoms with Gasteiger partial charge >= 0.3 is 0 Å². The van der Waals surface area contributed by atoms with Crippen molar-refractivity contribution >= 4 is 29.0 Å². The Labute approximate surface area is 81.3 Å². The number of fused-ring (bicyclic) bond motifs is 1. The molecule has 1 aromatic heterocycles. The maximum atomic E-state index is 6.19. The van der Waals surface area contributed by atoms with Crippen molar-refractivity contribution in [1.82, 2.24) is 4.90 Å². The highest BCUT2D eigenvalue weighted by Gasteiger charge is 2.19. The van der Waals surface area contributed by atoms with Crippen LogP contribution in [0.1, 0.15) is 20.8 Å². The molecule has 0 aromatic carbocycles. The number of aryl methyl sites for hydroxylation is 1. The van der Waals surface area contributed by atoms with Crippen LogP contribution in [0.4, 0.5) is 0 Å². The summed E-state index contributed by atoms with van der Waals surface area (Å²) < 4.78 is 0. The van der Waals surface area contributed by atoms with Crippen LogP contribution in [0, 0.1) is 6.92 Å². The highest BCUT2D eigenvalue weighted by Crippen LogP contribution is 2.36. The van der Waals surface area contributed by atoms with Gasteiger partial charge in [-0.1, -0.05) is 11.6 Å². The molecule has 0 amide bonds. The Morgan fingerprint density at radius 2 is 2.33 bits per heavy atom. The van der Waals surface area contributed by atoms with Gasteiger partial charge in [0.15, 0.2) is 0 Å². The number of hydrogen-bond donors (Lipinski definition) is 0. The van der Waals surface area contributed by atoms with Gasteiger partial charge in [-0.3, -0.25) is 0 Å². The van der Waals surface area contributed by atoms with E-state index < -0.39 is 0 Å². The summed E-state index contributed by atoms with van der Waals surface area (Å²) in [6.07, 6.45) is 4.14. The fourth-order valence-electron chi connectivity index (χ4n) is 1.35. The fraction of sp³-hybridized carbons (Fsp3) is 0.333. The van der Waals surface area contributed by atoms with Crippen molar-refractivity contribution in [3.63, 3.8) is 0 Å². The first-order valence-corrected chi connectivity index (χ1v) is 5.08. The first kappa shape index (κ1) is 8.14. The molecular formula is C9H10ClNS. The lowest BCUT2D eigenvalue weighted by molar-refractivity contribution is 0.429. The summed E-state index contributed by atoms with van der Waals surface area (Å²) in [6, 6.07) is 2.16. The van der Waals surface area contributed by atoms with Crippen LogP contribution in [-0.4, -0.2) is 11.9 Å². The van der Waals surface area contributed by atoms with E-state index in [2.05, 4.69) is 19.1 Å². The van der Waals surface area contributed by atoms with E-state index in [1.165, 1.54) is 15.3 Å². The number of thiophene rings is 1. The predicted octanol–water partition coefficient (Wildman–Crippen LogP) is 3.21. The third kappa shape index (κ3) is 1.15. The monoisotopic (exact) mass is 199 g/mol. The van der Waals surface area contributed by atoms with E-state index in [0.717, 1.165) is 0 Å². The molecule has 1 atom stereocenters. The lowest BCUT2D eigenvalue weighted by atomic mass is 10.2. The van der Waals surface area contributed by atoms with E-state index in [1.54, 1.807) is 11.3 Å². The SMILES string of the molecule is Cc1cc2c(s1)C=CN(C)C2Cl. The molecule has 0 spiro atoms. The predicted molar refractivity (Wildman–Crippen MR) is 54.4 cm³/mol. The fourth-order valence-corrected chi connectivity index (χ4v) is 2.61. The Balaban J connectivity index is 2.50. The summed E-state index contributed by atoms with van der Waals surface area (Å²) in [5.41, 5.74) is 1.25. The normalized spacial score (nSPS) is 21.2. The molecule has 1 unspecified atom stereocenters. The van der Waals surface area contributed by atoms with Crippen molar-refractivity contribution in [1.29, 1.82) is 0 Å². The number of halogens is 1. The van der Waals surface area contributed by atoms with Crippen LogP contribution in [-0.2, 0) is 0 Å². The molecule has 0 N–H and O–H groups in total. The first-order chi connectivity index (χ1) is 5.68. The summed E-state index contributed by atoms with van der Waals surface area (Å²) in [5, 5.41) is 0. The third-order valence-electron chi connectivity index (χ3n) is 1.99. The van der Waals surface area contributed by atoms with E-state index in [-0.39, 0.29) is 5.50 Å². The molecule has 3 heteroatoms. The van der Waals surface area contributed by atoms with Crippen LogP contribution >= 0.6 is 22.9 Å². The Morgan fingerprint density at radius 1 is 1.58 bits per heavy atom. The van der Waals surface area contributed by atoms with Crippen LogP contribution in [0.5, 0.6) is 0 Å². The largest absolute Gasteiger partial charge is 0.361 e. The minimum absolute atomic E-state index is 0.00921. The lowest BCUT2D eigenvalue weighted by Gasteiger charge is -2.24. The molecule has 64 valence electrons. The van der Waals surface area contributed by atoms with Crippen molar-refractivity contribution in [2.45, 2.75) is 12.4 Å². The minimum Gasteiger partial charge on any atom is -0.361 e. The van der Waals surface area contributed by atoms with Crippen LogP contribution in [0.15, 0.2) is 12.3 Å². The zero-order valence-electron chi connectivity index (χ0n) is 7.04. The molecule has 0 aliphatic carbocycles. The second-order valence-electron chi connectivity index (χ2n) is 2.99. The van der Waals surface area contributed by atoms with E-state index in [1.807, 2.05) is 18.1 Å². The average molecular weight is 200 g/mol. The number of rotatable bonds is 0. The van der Waals surface area contributed by atoms with Crippen molar-refractivity contribution in [3.8, 4) is 0 Å². The van der Waals surface area contributed by atoms with Crippen LogP contribution in [0.25, 0.3) is 6.08 Å². The van der Waals surface area contributed by atoms with Gasteiger partial charge in [0.05, 0.1) is 0 Å². The van der Waals surface area contributed by atoms with Gasteiger partial charge in [-0.2, -0.15) is 0 Å². The number of nitrogens with zero attached hydrogens (tertiary/aromatic N) is 1. The Hall–Kier alpha value is -0.470. The molecule has 1 aliphatic heterocycles. The molecule has 12 heavy (non-hydrogen) atoms. The molecule has 0 bridgehead atoms. The Morgan fingerprint density at radius 3 is 3.08 bits per heavy atom. The summed E-state index contributed by atoms with van der Waals surface area (Å²) in [4.78, 5) is 4.63. The Kier molecular flexibility index (Phi) is 1.89. The van der Waals surface area contributed by atoms with Gasteiger partial charge in [-0.15, -0.1) is 11.3 Å². The lowest BCUT2D eigenvalue weighted by Crippen LogP contribution is -2.16. The minimum atomic E-state index is 0.00921. The maximum absolute atomic E-state index is 6.19. The van der Waals surface area contributed by atoms with Crippen LogP contribution < -0.4 is 0 Å². The average Bonchev–Trinajstić information content (AvgIpc) is 2.39. The van der Waals surface area contributed by atoms with Gasteiger partial charge < -0.3 is 4.90 Å². The summed E-state index contributed by atoms with van der Waals surface area (Å²) >= 11 is 7.99. The number of alkyl halides is 1. The molecule has 0 saturated carbocycles. The first-order valence-electron chi connectivity index (χ1n) is 3.83. The molecule has 1 aromatic rings. The standard InChI is InChI=1S/C9H10ClNS/c1-6-5-7-8(12-6)3-4-11(2)9(7)10/h3-5,9H,1-2H3. The topological polar surface area (TPSA) is 3.24 Å². The van der Waals surface area contributed by atoms with E-state index >= 15 is 0 Å². The van der Waals surface area contributed by atoms with Crippen molar-refractivity contribution in [2.24, 2.45) is 0 Å². The van der Waals surface area contributed by atoms with Crippen LogP contribution in [0.2, 0.25) is 0 Å². The summed E-state index contributed by atoms with van der Waals surface area (Å²) in [5.74, 6) is 0. The smallest absolute Gasteiger partial charge is 0.130 e. The molecule has 0 fully saturated rings. The van der Waals surface area contributed by atoms with E-state index in [9.17, 15) is 0 Å². The van der Waals surface area contributed by atoms with Crippen LogP contribution in [0.3, 0.4) is 0 Å². The molecule has 1 nitrogen and oxygen atoms in total. The second kappa shape index (κ2) is 2.79. The second-order valence-corrected chi connectivity index (χ2v) is 4.69. The zero-order chi connectivity index (χ0) is 8.72. The van der Waals surface area contributed by atoms with Crippen molar-refractivity contribution in [2.75, 3.05) is 7.05 Å². The van der Waals surface area contributed by atoms with Gasteiger partial charge in [0, 0.05) is 28.6 Å². The Bertz CT molecular complexity index is 329. The zero-order valence-corrected chi connectivity index (χ0v) is 8.62. The molecule has 0 saturated heterocycles. The number of hydrogen-bond acceptors (Lipinski definition) is 2. The molecular weight excluding hydrogens is 190 g/mol. The van der Waals surface area contributed by atoms with E-state index in [0.29, 0.717) is 0 Å². The third-order valence-corrected chi connectivity index (χ3v) is 3.56. The van der Waals surface area contributed by atoms with Crippen molar-refractivity contribution in [3.05, 3.63) is 27.6 Å². The van der Waals surface area contributed by atoms with Gasteiger partial charge in [0.25, 0.3) is 0 Å². The molecule has 2 rings (SSSR count). The van der Waals surface area contributed by atoms with Gasteiger partial charge in [0.1, 0.15) is 5.50 Å². The van der Waals surface area contributed by atoms with E-state index in [4.69, 9.17) is 11.6 Å². The maximum Gasteiger partial charge on any atom is 0.130 e. The molecule has 1 aliphatic rings. The highest BCUT2D eigenvalue weighted by molar-refractivity contribution is 7.13. The van der Waals surface area contributed by atoms with Gasteiger partial charge in [-0.05, 0) is 19.1 Å². The quantitative estimate of drug-likeness (QED) is 0.458. The van der Waals surface area contributed by atoms with Crippen molar-refractivity contribution < 1.29 is 0 Å². The van der Waals surface area contributed by atoms with Gasteiger partial charge in [0.2, 0.25) is 0 Å². The summed E-state index contributed by atoms with van der Waals surface area (Å²) in [7, 11) is 1.99. The molecule has 2 heterocycles. The molecule has 0 radical (unpaired) electrons. The van der Waals surface area contributed by atoms with Gasteiger partial charge in [-0.25, -0.2) is 0 Å². The summed E-state index contributed by atoms with van der Waals surface area (Å²) in [6.45, 7) is 2.11.